The van der Waals surface area contributed by atoms with Crippen LogP contribution in [0.25, 0.3) is 0 Å². The van der Waals surface area contributed by atoms with Gasteiger partial charge in [0.25, 0.3) is 5.91 Å². The Morgan fingerprint density at radius 2 is 1.68 bits per heavy atom. The Hall–Kier alpha value is -3.30. The minimum atomic E-state index is -4.25. The molecule has 2 aromatic carbocycles. The van der Waals surface area contributed by atoms with E-state index in [-0.39, 0.29) is 30.6 Å². The zero-order chi connectivity index (χ0) is 32.1. The summed E-state index contributed by atoms with van der Waals surface area (Å²) < 4.78 is 67.9. The Labute approximate surface area is 259 Å². The minimum absolute atomic E-state index is 0.125. The van der Waals surface area contributed by atoms with E-state index in [1.807, 2.05) is 4.90 Å². The number of amides is 3. The summed E-state index contributed by atoms with van der Waals surface area (Å²) in [6, 6.07) is 6.80. The van der Waals surface area contributed by atoms with Crippen molar-refractivity contribution in [3.8, 4) is 0 Å². The zero-order valence-electron chi connectivity index (χ0n) is 23.4. The van der Waals surface area contributed by atoms with Crippen molar-refractivity contribution in [3.05, 3.63) is 58.1 Å². The molecule has 0 unspecified atom stereocenters. The van der Waals surface area contributed by atoms with Gasteiger partial charge in [-0.15, -0.1) is 0 Å². The number of carboxylic acid groups (broad SMARTS) is 1. The molecule has 0 radical (unpaired) electrons. The van der Waals surface area contributed by atoms with Gasteiger partial charge in [0.15, 0.2) is 11.6 Å². The molecule has 0 aromatic heterocycles. The second-order valence-corrected chi connectivity index (χ2v) is 12.2. The highest BCUT2D eigenvalue weighted by atomic mass is 35.5. The van der Waals surface area contributed by atoms with Crippen LogP contribution in [0, 0.1) is 11.6 Å². The maximum absolute atomic E-state index is 15.1. The molecule has 2 fully saturated rings. The lowest BCUT2D eigenvalue weighted by molar-refractivity contribution is -0.138. The number of thioether (sulfide) groups is 1. The molecule has 3 amide bonds. The van der Waals surface area contributed by atoms with Crippen LogP contribution in [0.1, 0.15) is 35.2 Å². The summed E-state index contributed by atoms with van der Waals surface area (Å²) in [5.41, 5.74) is -1.48. The topological polar surface area (TPSA) is 114 Å². The molecule has 240 valence electrons. The average Bonchev–Trinajstić information content (AvgIpc) is 2.97. The van der Waals surface area contributed by atoms with Crippen molar-refractivity contribution in [1.82, 2.24) is 15.5 Å². The fraction of sp³-hybridized carbons (Fsp3) is 0.464. The third-order valence-electron chi connectivity index (χ3n) is 7.61. The van der Waals surface area contributed by atoms with Crippen molar-refractivity contribution < 1.29 is 41.4 Å². The van der Waals surface area contributed by atoms with E-state index >= 15 is 8.78 Å². The van der Waals surface area contributed by atoms with Gasteiger partial charge in [-0.3, -0.25) is 14.5 Å². The smallest absolute Gasteiger partial charge is 0.405 e. The average molecular weight is 664 g/mol. The van der Waals surface area contributed by atoms with E-state index in [0.717, 1.165) is 12.1 Å². The Kier molecular flexibility index (Phi) is 10.8. The van der Waals surface area contributed by atoms with Gasteiger partial charge in [-0.2, -0.15) is 24.9 Å². The van der Waals surface area contributed by atoms with Crippen LogP contribution in [0.15, 0.2) is 30.3 Å². The number of hydrogen-bond donors (Lipinski definition) is 4. The first kappa shape index (κ1) is 33.6. The molecule has 2 heterocycles. The van der Waals surface area contributed by atoms with Gasteiger partial charge in [0.1, 0.15) is 5.54 Å². The highest BCUT2D eigenvalue weighted by Crippen LogP contribution is 2.32. The van der Waals surface area contributed by atoms with Crippen molar-refractivity contribution in [2.24, 2.45) is 0 Å². The maximum Gasteiger partial charge on any atom is 0.405 e. The lowest BCUT2D eigenvalue weighted by atomic mass is 9.91. The second kappa shape index (κ2) is 14.2. The molecular formula is C28H31ClF5N5O4S. The van der Waals surface area contributed by atoms with Crippen molar-refractivity contribution in [2.75, 3.05) is 54.4 Å². The van der Waals surface area contributed by atoms with Gasteiger partial charge < -0.3 is 26.0 Å². The van der Waals surface area contributed by atoms with Gasteiger partial charge in [0, 0.05) is 49.9 Å². The van der Waals surface area contributed by atoms with Crippen molar-refractivity contribution >= 4 is 52.6 Å². The van der Waals surface area contributed by atoms with Gasteiger partial charge in [0.2, 0.25) is 5.91 Å². The van der Waals surface area contributed by atoms with Crippen molar-refractivity contribution in [2.45, 2.75) is 37.5 Å². The van der Waals surface area contributed by atoms with E-state index in [2.05, 4.69) is 16.0 Å². The van der Waals surface area contributed by atoms with Gasteiger partial charge in [0.05, 0.1) is 23.4 Å². The fourth-order valence-corrected chi connectivity index (χ4v) is 6.49. The summed E-state index contributed by atoms with van der Waals surface area (Å²) >= 11 is 7.74. The van der Waals surface area contributed by atoms with E-state index in [0.29, 0.717) is 48.4 Å². The highest BCUT2D eigenvalue weighted by molar-refractivity contribution is 7.99. The molecule has 44 heavy (non-hydrogen) atoms. The van der Waals surface area contributed by atoms with Crippen LogP contribution in [-0.2, 0) is 11.3 Å². The number of rotatable bonds is 9. The molecule has 4 rings (SSSR count). The number of nitrogens with one attached hydrogen (secondary N) is 3. The number of nitrogens with zero attached hydrogens (tertiary/aromatic N) is 2. The second-order valence-electron chi connectivity index (χ2n) is 10.5. The molecule has 2 aliphatic rings. The van der Waals surface area contributed by atoms with Crippen molar-refractivity contribution in [1.29, 1.82) is 0 Å². The van der Waals surface area contributed by atoms with Gasteiger partial charge in [-0.05, 0) is 48.6 Å². The number of carbonyl (C=O) groups is 3. The third kappa shape index (κ3) is 8.45. The predicted molar refractivity (Wildman–Crippen MR) is 157 cm³/mol. The fourth-order valence-electron chi connectivity index (χ4n) is 5.14. The quantitative estimate of drug-likeness (QED) is 0.276. The summed E-state index contributed by atoms with van der Waals surface area (Å²) in [4.78, 5) is 40.8. The van der Waals surface area contributed by atoms with Crippen LogP contribution in [-0.4, -0.2) is 83.9 Å². The molecule has 0 spiro atoms. The molecule has 2 saturated heterocycles. The summed E-state index contributed by atoms with van der Waals surface area (Å²) in [6.45, 7) is 0.843. The molecular weight excluding hydrogens is 633 g/mol. The van der Waals surface area contributed by atoms with Crippen LogP contribution in [0.3, 0.4) is 0 Å². The van der Waals surface area contributed by atoms with Crippen LogP contribution >= 0.6 is 23.4 Å². The standard InChI is InChI=1S/C28H31ClF5N5O4S/c29-18-2-4-20(21(15-18)39-11-9-38(10-12-39)8-5-28(32,33)34)36-24(40)19-3-1-17(22(30)23(19)31)16-35-25(41)27(37-26(42)43)6-13-44-14-7-27/h1-4,15,37H,5-14,16H2,(H,35,41)(H,36,40)(H,42,43). The van der Waals surface area contributed by atoms with Gasteiger partial charge in [-0.1, -0.05) is 17.7 Å². The number of anilines is 2. The lowest BCUT2D eigenvalue weighted by Gasteiger charge is -2.37. The van der Waals surface area contributed by atoms with Crippen LogP contribution in [0.2, 0.25) is 5.02 Å². The van der Waals surface area contributed by atoms with E-state index in [4.69, 9.17) is 11.6 Å². The molecule has 2 aromatic rings. The number of halogens is 6. The minimum Gasteiger partial charge on any atom is -0.465 e. The molecule has 16 heteroatoms. The first-order valence-corrected chi connectivity index (χ1v) is 15.3. The first-order valence-electron chi connectivity index (χ1n) is 13.8. The molecule has 0 saturated carbocycles. The lowest BCUT2D eigenvalue weighted by Crippen LogP contribution is -2.60. The molecule has 0 aliphatic carbocycles. The Morgan fingerprint density at radius 1 is 1.00 bits per heavy atom. The first-order chi connectivity index (χ1) is 20.8. The van der Waals surface area contributed by atoms with Crippen LogP contribution in [0.4, 0.5) is 38.1 Å². The molecule has 4 N–H and O–H groups in total. The van der Waals surface area contributed by atoms with Crippen molar-refractivity contribution in [3.63, 3.8) is 0 Å². The Balaban J connectivity index is 1.42. The normalized spacial score (nSPS) is 17.2. The number of piperazine rings is 1. The monoisotopic (exact) mass is 663 g/mol. The zero-order valence-corrected chi connectivity index (χ0v) is 25.0. The SMILES string of the molecule is O=C(O)NC1(C(=O)NCc2ccc(C(=O)Nc3ccc(Cl)cc3N3CCN(CCC(F)(F)F)CC3)c(F)c2F)CCSCC1. The Bertz CT molecular complexity index is 1380. The molecule has 2 aliphatic heterocycles. The van der Waals surface area contributed by atoms with E-state index in [1.54, 1.807) is 22.7 Å². The summed E-state index contributed by atoms with van der Waals surface area (Å²) in [7, 11) is 0. The van der Waals surface area contributed by atoms with Crippen LogP contribution < -0.4 is 20.9 Å². The van der Waals surface area contributed by atoms with E-state index in [9.17, 15) is 32.7 Å². The summed E-state index contributed by atoms with van der Waals surface area (Å²) in [6.07, 6.45) is -6.05. The number of hydrogen-bond acceptors (Lipinski definition) is 6. The maximum atomic E-state index is 15.1. The summed E-state index contributed by atoms with van der Waals surface area (Å²) in [5, 5.41) is 16.9. The molecule has 0 bridgehead atoms. The highest BCUT2D eigenvalue weighted by Gasteiger charge is 2.41. The van der Waals surface area contributed by atoms with Gasteiger partial charge in [-0.25, -0.2) is 13.6 Å². The largest absolute Gasteiger partial charge is 0.465 e. The molecule has 9 nitrogen and oxygen atoms in total. The van der Waals surface area contributed by atoms with E-state index < -0.39 is 59.8 Å². The van der Waals surface area contributed by atoms with E-state index in [1.165, 1.54) is 12.1 Å². The van der Waals surface area contributed by atoms with Gasteiger partial charge >= 0.3 is 12.3 Å². The predicted octanol–water partition coefficient (Wildman–Crippen LogP) is 5.09. The number of alkyl halides is 3. The van der Waals surface area contributed by atoms with Crippen LogP contribution in [0.5, 0.6) is 0 Å². The molecule has 0 atom stereocenters. The third-order valence-corrected chi connectivity index (χ3v) is 8.83. The number of benzene rings is 2. The Morgan fingerprint density at radius 3 is 2.32 bits per heavy atom. The summed E-state index contributed by atoms with van der Waals surface area (Å²) in [5.74, 6) is -3.28. The number of carbonyl (C=O) groups excluding carboxylic acids is 2.